The third kappa shape index (κ3) is 3.18. The van der Waals surface area contributed by atoms with E-state index in [1.54, 1.807) is 6.20 Å². The van der Waals surface area contributed by atoms with Crippen molar-refractivity contribution in [2.24, 2.45) is 0 Å². The third-order valence-corrected chi connectivity index (χ3v) is 9.58. The second kappa shape index (κ2) is 6.01. The maximum absolute atomic E-state index is 12.4. The molecule has 0 saturated heterocycles. The topological polar surface area (TPSA) is 38.3 Å². The Kier molecular flexibility index (Phi) is 4.64. The lowest BCUT2D eigenvalue weighted by atomic mass is 9.78. The zero-order valence-corrected chi connectivity index (χ0v) is 15.3. The molecule has 1 aromatic carbocycles. The first-order valence-electron chi connectivity index (χ1n) is 7.87. The Morgan fingerprint density at radius 1 is 1.18 bits per heavy atom. The van der Waals surface area contributed by atoms with Crippen molar-refractivity contribution in [3.63, 3.8) is 0 Å². The van der Waals surface area contributed by atoms with Gasteiger partial charge in [-0.25, -0.2) is 0 Å². The molecule has 0 saturated carbocycles. The lowest BCUT2D eigenvalue weighted by molar-refractivity contribution is -0.123. The Bertz CT molecular complexity index is 560. The molecule has 0 aliphatic carbocycles. The number of rotatable bonds is 5. The van der Waals surface area contributed by atoms with Crippen LogP contribution in [0.4, 0.5) is 0 Å². The first-order chi connectivity index (χ1) is 10.2. The Morgan fingerprint density at radius 2 is 1.82 bits per heavy atom. The fourth-order valence-corrected chi connectivity index (χ4v) is 3.50. The van der Waals surface area contributed by atoms with Crippen molar-refractivity contribution < 1.29 is 9.22 Å². The minimum Gasteiger partial charge on any atom is -0.417 e. The van der Waals surface area contributed by atoms with E-state index in [4.69, 9.17) is 4.43 Å². The molecule has 0 fully saturated rings. The van der Waals surface area contributed by atoms with Gasteiger partial charge in [0.2, 0.25) is 5.91 Å². The van der Waals surface area contributed by atoms with Crippen LogP contribution in [0.2, 0.25) is 18.1 Å². The molecule has 0 spiro atoms. The molecular formula is C18H27NO2Si. The highest BCUT2D eigenvalue weighted by Gasteiger charge is 2.42. The molecular weight excluding hydrogens is 290 g/mol. The molecule has 0 aromatic heterocycles. The summed E-state index contributed by atoms with van der Waals surface area (Å²) in [5.74, 6) is 0.0394. The average Bonchev–Trinajstić information content (AvgIpc) is 2.81. The van der Waals surface area contributed by atoms with E-state index < -0.39 is 13.7 Å². The number of hydrogen-bond donors (Lipinski definition) is 1. The molecule has 1 aromatic rings. The van der Waals surface area contributed by atoms with Crippen LogP contribution in [-0.4, -0.2) is 20.8 Å². The fraction of sp³-hybridized carbons (Fsp3) is 0.500. The van der Waals surface area contributed by atoms with Crippen molar-refractivity contribution in [1.29, 1.82) is 0 Å². The summed E-state index contributed by atoms with van der Waals surface area (Å²) in [5, 5.41) is 3.00. The van der Waals surface area contributed by atoms with Crippen LogP contribution in [0.1, 0.15) is 32.8 Å². The van der Waals surface area contributed by atoms with E-state index in [0.717, 1.165) is 5.56 Å². The van der Waals surface area contributed by atoms with E-state index in [-0.39, 0.29) is 10.9 Å². The zero-order chi connectivity index (χ0) is 16.4. The van der Waals surface area contributed by atoms with Gasteiger partial charge in [0, 0.05) is 12.8 Å². The summed E-state index contributed by atoms with van der Waals surface area (Å²) in [7, 11) is -1.79. The summed E-state index contributed by atoms with van der Waals surface area (Å²) in [6.45, 7) is 11.8. The summed E-state index contributed by atoms with van der Waals surface area (Å²) in [5.41, 5.74) is 0.434. The predicted octanol–water partition coefficient (Wildman–Crippen LogP) is 3.98. The Hall–Kier alpha value is -1.39. The molecule has 22 heavy (non-hydrogen) atoms. The van der Waals surface area contributed by atoms with Crippen LogP contribution >= 0.6 is 0 Å². The van der Waals surface area contributed by atoms with Crippen molar-refractivity contribution in [2.75, 3.05) is 6.61 Å². The second-order valence-corrected chi connectivity index (χ2v) is 12.3. The fourth-order valence-electron chi connectivity index (χ4n) is 2.45. The smallest absolute Gasteiger partial charge is 0.238 e. The van der Waals surface area contributed by atoms with Crippen LogP contribution in [0.5, 0.6) is 0 Å². The predicted molar refractivity (Wildman–Crippen MR) is 93.2 cm³/mol. The first-order valence-corrected chi connectivity index (χ1v) is 10.8. The molecule has 1 aliphatic heterocycles. The lowest BCUT2D eigenvalue weighted by Crippen LogP contribution is -2.43. The maximum atomic E-state index is 12.4. The third-order valence-electron chi connectivity index (χ3n) is 5.04. The van der Waals surface area contributed by atoms with Crippen LogP contribution < -0.4 is 5.32 Å². The van der Waals surface area contributed by atoms with Gasteiger partial charge in [0.25, 0.3) is 0 Å². The maximum Gasteiger partial charge on any atom is 0.238 e. The van der Waals surface area contributed by atoms with E-state index in [9.17, 15) is 4.79 Å². The Balaban J connectivity index is 2.14. The van der Waals surface area contributed by atoms with Crippen molar-refractivity contribution in [1.82, 2.24) is 5.32 Å². The van der Waals surface area contributed by atoms with Gasteiger partial charge in [0.1, 0.15) is 0 Å². The van der Waals surface area contributed by atoms with Crippen LogP contribution in [-0.2, 0) is 14.6 Å². The lowest BCUT2D eigenvalue weighted by Gasteiger charge is -2.37. The number of carbonyl (C=O) groups excluding carboxylic acids is 1. The van der Waals surface area contributed by atoms with Crippen LogP contribution in [0, 0.1) is 0 Å². The van der Waals surface area contributed by atoms with Crippen LogP contribution in [0.25, 0.3) is 0 Å². The molecule has 120 valence electrons. The summed E-state index contributed by atoms with van der Waals surface area (Å²) in [6, 6.07) is 9.96. The van der Waals surface area contributed by atoms with Crippen molar-refractivity contribution in [3.8, 4) is 0 Å². The van der Waals surface area contributed by atoms with Gasteiger partial charge in [-0.15, -0.1) is 0 Å². The minimum atomic E-state index is -1.79. The number of nitrogens with one attached hydrogen (secondary N) is 1. The summed E-state index contributed by atoms with van der Waals surface area (Å²) in [4.78, 5) is 12.4. The van der Waals surface area contributed by atoms with Crippen molar-refractivity contribution in [3.05, 3.63) is 48.2 Å². The van der Waals surface area contributed by atoms with E-state index in [0.29, 0.717) is 13.0 Å². The molecule has 1 amide bonds. The SMILES string of the molecule is CC(C)(C)[Si](C)(C)OCCC1(c2ccccc2)C=CNC1=O. The summed E-state index contributed by atoms with van der Waals surface area (Å²) in [6.07, 6.45) is 4.40. The van der Waals surface area contributed by atoms with Gasteiger partial charge >= 0.3 is 0 Å². The number of hydrogen-bond acceptors (Lipinski definition) is 2. The largest absolute Gasteiger partial charge is 0.417 e. The van der Waals surface area contributed by atoms with Crippen molar-refractivity contribution >= 4 is 14.2 Å². The highest BCUT2D eigenvalue weighted by atomic mass is 28.4. The van der Waals surface area contributed by atoms with Gasteiger partial charge in [-0.05, 0) is 36.2 Å². The molecule has 0 radical (unpaired) electrons. The monoisotopic (exact) mass is 317 g/mol. The van der Waals surface area contributed by atoms with Gasteiger partial charge in [-0.2, -0.15) is 0 Å². The molecule has 1 aliphatic rings. The molecule has 1 atom stereocenters. The average molecular weight is 318 g/mol. The van der Waals surface area contributed by atoms with E-state index >= 15 is 0 Å². The number of carbonyl (C=O) groups is 1. The van der Waals surface area contributed by atoms with Gasteiger partial charge in [-0.1, -0.05) is 51.1 Å². The molecule has 1 N–H and O–H groups in total. The standard InChI is InChI=1S/C18H27NO2Si/c1-17(2,3)22(4,5)21-14-12-18(11-13-19-16(18)20)15-9-7-6-8-10-15/h6-11,13H,12,14H2,1-5H3,(H,19,20). The quantitative estimate of drug-likeness (QED) is 0.834. The normalized spacial score (nSPS) is 22.0. The highest BCUT2D eigenvalue weighted by Crippen LogP contribution is 2.38. The van der Waals surface area contributed by atoms with E-state index in [1.807, 2.05) is 36.4 Å². The number of benzene rings is 1. The molecule has 1 heterocycles. The van der Waals surface area contributed by atoms with Gasteiger partial charge in [0.05, 0.1) is 5.41 Å². The van der Waals surface area contributed by atoms with Crippen LogP contribution in [0.15, 0.2) is 42.6 Å². The van der Waals surface area contributed by atoms with Crippen molar-refractivity contribution in [2.45, 2.75) is 50.7 Å². The second-order valence-electron chi connectivity index (χ2n) is 7.50. The van der Waals surface area contributed by atoms with Gasteiger partial charge < -0.3 is 9.74 Å². The van der Waals surface area contributed by atoms with Crippen LogP contribution in [0.3, 0.4) is 0 Å². The number of amides is 1. The summed E-state index contributed by atoms with van der Waals surface area (Å²) < 4.78 is 6.28. The van der Waals surface area contributed by atoms with Gasteiger partial charge in [-0.3, -0.25) is 4.79 Å². The molecule has 2 rings (SSSR count). The summed E-state index contributed by atoms with van der Waals surface area (Å²) >= 11 is 0. The Labute approximate surface area is 134 Å². The molecule has 4 heteroatoms. The molecule has 1 unspecified atom stereocenters. The van der Waals surface area contributed by atoms with E-state index in [2.05, 4.69) is 39.2 Å². The highest BCUT2D eigenvalue weighted by molar-refractivity contribution is 6.74. The molecule has 3 nitrogen and oxygen atoms in total. The Morgan fingerprint density at radius 3 is 2.32 bits per heavy atom. The first kappa shape index (κ1) is 17.0. The van der Waals surface area contributed by atoms with Gasteiger partial charge in [0.15, 0.2) is 8.32 Å². The molecule has 0 bridgehead atoms. The van der Waals surface area contributed by atoms with E-state index in [1.165, 1.54) is 0 Å². The minimum absolute atomic E-state index is 0.0394. The zero-order valence-electron chi connectivity index (χ0n) is 14.3.